The molecular formula is C16H17N. The highest BCUT2D eigenvalue weighted by atomic mass is 14.9. The van der Waals surface area contributed by atoms with Gasteiger partial charge in [0.05, 0.1) is 6.04 Å². The third-order valence-corrected chi connectivity index (χ3v) is 2.86. The highest BCUT2D eigenvalue weighted by Gasteiger charge is 2.08. The third-order valence-electron chi connectivity index (χ3n) is 2.86. The second-order valence-corrected chi connectivity index (χ2v) is 4.08. The highest BCUT2D eigenvalue weighted by Crippen LogP contribution is 2.22. The molecule has 0 aliphatic rings. The van der Waals surface area contributed by atoms with Gasteiger partial charge in [-0.15, -0.1) is 6.58 Å². The second-order valence-electron chi connectivity index (χ2n) is 4.08. The largest absolute Gasteiger partial charge is 0.375 e. The number of para-hydroxylation sites is 1. The topological polar surface area (TPSA) is 12.0 Å². The fourth-order valence-corrected chi connectivity index (χ4v) is 1.91. The summed E-state index contributed by atoms with van der Waals surface area (Å²) < 4.78 is 0. The second kappa shape index (κ2) is 5.35. The van der Waals surface area contributed by atoms with Gasteiger partial charge in [-0.2, -0.15) is 0 Å². The van der Waals surface area contributed by atoms with E-state index >= 15 is 0 Å². The molecule has 1 heteroatoms. The zero-order valence-electron chi connectivity index (χ0n) is 10.1. The van der Waals surface area contributed by atoms with E-state index in [1.807, 2.05) is 24.3 Å². The first-order valence-electron chi connectivity index (χ1n) is 5.81. The summed E-state index contributed by atoms with van der Waals surface area (Å²) in [5.74, 6) is 0. The smallest absolute Gasteiger partial charge is 0.0697 e. The molecule has 86 valence electrons. The van der Waals surface area contributed by atoms with E-state index in [1.165, 1.54) is 11.1 Å². The maximum absolute atomic E-state index is 3.91. The van der Waals surface area contributed by atoms with Crippen LogP contribution < -0.4 is 5.32 Å². The van der Waals surface area contributed by atoms with Gasteiger partial charge >= 0.3 is 0 Å². The molecule has 0 aliphatic heterocycles. The summed E-state index contributed by atoms with van der Waals surface area (Å²) in [6.07, 6.45) is 1.94. The highest BCUT2D eigenvalue weighted by molar-refractivity contribution is 5.47. The summed E-state index contributed by atoms with van der Waals surface area (Å²) in [5.41, 5.74) is 3.66. The molecule has 0 aliphatic carbocycles. The van der Waals surface area contributed by atoms with Crippen LogP contribution in [0.5, 0.6) is 0 Å². The zero-order chi connectivity index (χ0) is 12.1. The Balaban J connectivity index is 2.24. The van der Waals surface area contributed by atoms with E-state index in [9.17, 15) is 0 Å². The molecular weight excluding hydrogens is 206 g/mol. The molecule has 2 aromatic carbocycles. The molecule has 0 heterocycles. The molecule has 1 atom stereocenters. The van der Waals surface area contributed by atoms with Crippen molar-refractivity contribution in [3.8, 4) is 0 Å². The van der Waals surface area contributed by atoms with Crippen LogP contribution in [0.4, 0.5) is 5.69 Å². The molecule has 0 spiro atoms. The number of benzene rings is 2. The molecule has 0 saturated heterocycles. The minimum atomic E-state index is 0.151. The molecule has 0 radical (unpaired) electrons. The first-order chi connectivity index (χ1) is 8.31. The molecule has 1 N–H and O–H groups in total. The van der Waals surface area contributed by atoms with Crippen LogP contribution in [0, 0.1) is 6.92 Å². The Morgan fingerprint density at radius 2 is 1.65 bits per heavy atom. The molecule has 2 aromatic rings. The maximum atomic E-state index is 3.91. The quantitative estimate of drug-likeness (QED) is 0.760. The van der Waals surface area contributed by atoms with Crippen LogP contribution in [-0.2, 0) is 0 Å². The summed E-state index contributed by atoms with van der Waals surface area (Å²) in [6.45, 7) is 6.04. The van der Waals surface area contributed by atoms with Crippen molar-refractivity contribution >= 4 is 5.69 Å². The number of rotatable bonds is 4. The molecule has 0 aromatic heterocycles. The van der Waals surface area contributed by atoms with E-state index in [0.717, 1.165) is 5.69 Å². The minimum absolute atomic E-state index is 0.151. The van der Waals surface area contributed by atoms with Gasteiger partial charge in [0.1, 0.15) is 0 Å². The van der Waals surface area contributed by atoms with Crippen molar-refractivity contribution < 1.29 is 0 Å². The van der Waals surface area contributed by atoms with E-state index in [2.05, 4.69) is 55.2 Å². The van der Waals surface area contributed by atoms with Crippen molar-refractivity contribution in [1.29, 1.82) is 0 Å². The molecule has 17 heavy (non-hydrogen) atoms. The Kier molecular flexibility index (Phi) is 3.61. The van der Waals surface area contributed by atoms with Gasteiger partial charge in [-0.1, -0.05) is 48.5 Å². The van der Waals surface area contributed by atoms with Crippen molar-refractivity contribution in [2.24, 2.45) is 0 Å². The Bertz CT molecular complexity index is 488. The fraction of sp³-hybridized carbons (Fsp3) is 0.125. The average Bonchev–Trinajstić information content (AvgIpc) is 2.38. The number of hydrogen-bond donors (Lipinski definition) is 1. The van der Waals surface area contributed by atoms with Crippen molar-refractivity contribution in [2.75, 3.05) is 5.32 Å². The number of hydrogen-bond acceptors (Lipinski definition) is 1. The van der Waals surface area contributed by atoms with Gasteiger partial charge in [0.15, 0.2) is 0 Å². The van der Waals surface area contributed by atoms with Crippen molar-refractivity contribution in [3.63, 3.8) is 0 Å². The lowest BCUT2D eigenvalue weighted by Crippen LogP contribution is -2.09. The number of anilines is 1. The van der Waals surface area contributed by atoms with Crippen LogP contribution in [0.15, 0.2) is 67.3 Å². The van der Waals surface area contributed by atoms with Crippen LogP contribution in [0.2, 0.25) is 0 Å². The minimum Gasteiger partial charge on any atom is -0.375 e. The number of nitrogens with one attached hydrogen (secondary N) is 1. The van der Waals surface area contributed by atoms with Gasteiger partial charge in [-0.25, -0.2) is 0 Å². The number of aryl methyl sites for hydroxylation is 1. The standard InChI is InChI=1S/C16H17N/c1-3-16(15-12-8-7-9-13(15)2)17-14-10-5-4-6-11-14/h3-12,16-17H,1H2,2H3. The van der Waals surface area contributed by atoms with E-state index in [1.54, 1.807) is 0 Å². The molecule has 0 amide bonds. The van der Waals surface area contributed by atoms with Gasteiger partial charge in [0.25, 0.3) is 0 Å². The normalized spacial score (nSPS) is 11.8. The fourth-order valence-electron chi connectivity index (χ4n) is 1.91. The molecule has 1 nitrogen and oxygen atoms in total. The van der Waals surface area contributed by atoms with E-state index in [0.29, 0.717) is 0 Å². The molecule has 0 bridgehead atoms. The van der Waals surface area contributed by atoms with Crippen molar-refractivity contribution in [1.82, 2.24) is 0 Å². The first-order valence-corrected chi connectivity index (χ1v) is 5.81. The molecule has 0 fully saturated rings. The van der Waals surface area contributed by atoms with Crippen molar-refractivity contribution in [2.45, 2.75) is 13.0 Å². The molecule has 1 unspecified atom stereocenters. The Morgan fingerprint density at radius 3 is 2.29 bits per heavy atom. The van der Waals surface area contributed by atoms with E-state index in [-0.39, 0.29) is 6.04 Å². The van der Waals surface area contributed by atoms with Crippen LogP contribution in [0.25, 0.3) is 0 Å². The summed E-state index contributed by atoms with van der Waals surface area (Å²) in [5, 5.41) is 3.47. The molecule has 0 saturated carbocycles. The van der Waals surface area contributed by atoms with Crippen LogP contribution in [0.1, 0.15) is 17.2 Å². The van der Waals surface area contributed by atoms with Gasteiger partial charge < -0.3 is 5.32 Å². The summed E-state index contributed by atoms with van der Waals surface area (Å²) >= 11 is 0. The van der Waals surface area contributed by atoms with Crippen LogP contribution in [0.3, 0.4) is 0 Å². The Labute approximate surface area is 103 Å². The predicted molar refractivity (Wildman–Crippen MR) is 74.2 cm³/mol. The SMILES string of the molecule is C=CC(Nc1ccccc1)c1ccccc1C. The lowest BCUT2D eigenvalue weighted by atomic mass is 10.0. The van der Waals surface area contributed by atoms with Gasteiger partial charge in [-0.3, -0.25) is 0 Å². The Morgan fingerprint density at radius 1 is 1.00 bits per heavy atom. The summed E-state index contributed by atoms with van der Waals surface area (Å²) in [7, 11) is 0. The van der Waals surface area contributed by atoms with E-state index < -0.39 is 0 Å². The monoisotopic (exact) mass is 223 g/mol. The first kappa shape index (κ1) is 11.5. The lowest BCUT2D eigenvalue weighted by Gasteiger charge is -2.18. The summed E-state index contributed by atoms with van der Waals surface area (Å²) in [4.78, 5) is 0. The average molecular weight is 223 g/mol. The third kappa shape index (κ3) is 2.76. The lowest BCUT2D eigenvalue weighted by molar-refractivity contribution is 0.972. The van der Waals surface area contributed by atoms with Gasteiger partial charge in [0.2, 0.25) is 0 Å². The predicted octanol–water partition coefficient (Wildman–Crippen LogP) is 4.33. The zero-order valence-corrected chi connectivity index (χ0v) is 10.1. The van der Waals surface area contributed by atoms with Gasteiger partial charge in [-0.05, 0) is 30.2 Å². The van der Waals surface area contributed by atoms with Crippen molar-refractivity contribution in [3.05, 3.63) is 78.4 Å². The summed E-state index contributed by atoms with van der Waals surface area (Å²) in [6, 6.07) is 18.7. The maximum Gasteiger partial charge on any atom is 0.0697 e. The van der Waals surface area contributed by atoms with Crippen LogP contribution in [-0.4, -0.2) is 0 Å². The van der Waals surface area contributed by atoms with Gasteiger partial charge in [0, 0.05) is 5.69 Å². The van der Waals surface area contributed by atoms with Crippen LogP contribution >= 0.6 is 0 Å². The molecule has 2 rings (SSSR count). The van der Waals surface area contributed by atoms with E-state index in [4.69, 9.17) is 0 Å². The Hall–Kier alpha value is -2.02.